The molecular formula is C36H24N2. The Labute approximate surface area is 220 Å². The van der Waals surface area contributed by atoms with Crippen LogP contribution in [0.15, 0.2) is 109 Å². The van der Waals surface area contributed by atoms with Crippen molar-refractivity contribution in [3.8, 4) is 22.3 Å². The largest absolute Gasteiger partial charge is 0.251 e. The van der Waals surface area contributed by atoms with Gasteiger partial charge in [-0.05, 0) is 75.0 Å². The van der Waals surface area contributed by atoms with Gasteiger partial charge in [-0.1, -0.05) is 97.1 Å². The number of benzene rings is 6. The Morgan fingerprint density at radius 2 is 1.03 bits per heavy atom. The topological polar surface area (TPSA) is 25.8 Å². The van der Waals surface area contributed by atoms with Crippen molar-refractivity contribution in [1.29, 1.82) is 0 Å². The van der Waals surface area contributed by atoms with E-state index >= 15 is 0 Å². The van der Waals surface area contributed by atoms with Crippen molar-refractivity contribution < 1.29 is 0 Å². The number of nitrogens with zero attached hydrogens (tertiary/aromatic N) is 2. The van der Waals surface area contributed by atoms with Gasteiger partial charge in [0.05, 0.1) is 11.0 Å². The summed E-state index contributed by atoms with van der Waals surface area (Å²) in [5.41, 5.74) is 8.80. The lowest BCUT2D eigenvalue weighted by Gasteiger charge is -2.15. The number of aromatic nitrogens is 2. The number of aryl methyl sites for hydroxylation is 2. The zero-order valence-corrected chi connectivity index (χ0v) is 21.3. The predicted molar refractivity (Wildman–Crippen MR) is 161 cm³/mol. The third-order valence-electron chi connectivity index (χ3n) is 8.01. The second-order valence-electron chi connectivity index (χ2n) is 10.3. The number of hydrogen-bond donors (Lipinski definition) is 0. The van der Waals surface area contributed by atoms with Gasteiger partial charge in [-0.15, -0.1) is 0 Å². The quantitative estimate of drug-likeness (QED) is 0.228. The molecule has 178 valence electrons. The highest BCUT2D eigenvalue weighted by molar-refractivity contribution is 6.25. The molecule has 0 saturated heterocycles. The summed E-state index contributed by atoms with van der Waals surface area (Å²) < 4.78 is 0. The third kappa shape index (κ3) is 3.07. The summed E-state index contributed by atoms with van der Waals surface area (Å²) in [5.74, 6) is 0. The second-order valence-corrected chi connectivity index (χ2v) is 10.3. The lowest BCUT2D eigenvalue weighted by molar-refractivity contribution is 1.23. The molecule has 38 heavy (non-hydrogen) atoms. The zero-order valence-electron chi connectivity index (χ0n) is 21.3. The van der Waals surface area contributed by atoms with Gasteiger partial charge < -0.3 is 0 Å². The van der Waals surface area contributed by atoms with Crippen molar-refractivity contribution in [3.05, 3.63) is 121 Å². The third-order valence-corrected chi connectivity index (χ3v) is 8.01. The molecule has 2 heterocycles. The van der Waals surface area contributed by atoms with Crippen LogP contribution in [-0.4, -0.2) is 9.97 Å². The lowest BCUT2D eigenvalue weighted by atomic mass is 9.89. The van der Waals surface area contributed by atoms with Crippen molar-refractivity contribution >= 4 is 54.1 Å². The molecule has 8 rings (SSSR count). The first-order valence-corrected chi connectivity index (χ1v) is 13.1. The second kappa shape index (κ2) is 7.84. The maximum Gasteiger partial charge on any atom is 0.0968 e. The first kappa shape index (κ1) is 21.3. The van der Waals surface area contributed by atoms with Crippen LogP contribution in [0.5, 0.6) is 0 Å². The Morgan fingerprint density at radius 1 is 0.447 bits per heavy atom. The fraction of sp³-hybridized carbons (Fsp3) is 0.0556. The van der Waals surface area contributed by atoms with Crippen LogP contribution in [-0.2, 0) is 0 Å². The van der Waals surface area contributed by atoms with E-state index in [0.29, 0.717) is 0 Å². The Morgan fingerprint density at radius 3 is 1.82 bits per heavy atom. The summed E-state index contributed by atoms with van der Waals surface area (Å²) in [6.45, 7) is 4.13. The van der Waals surface area contributed by atoms with Crippen molar-refractivity contribution in [3.63, 3.8) is 0 Å². The van der Waals surface area contributed by atoms with E-state index in [2.05, 4.69) is 116 Å². The molecule has 0 aliphatic carbocycles. The van der Waals surface area contributed by atoms with E-state index in [1.165, 1.54) is 49.0 Å². The molecule has 2 nitrogen and oxygen atoms in total. The number of fused-ring (bicyclic) bond motifs is 3. The molecule has 0 unspecified atom stereocenters. The van der Waals surface area contributed by atoms with Crippen LogP contribution in [0.1, 0.15) is 11.4 Å². The summed E-state index contributed by atoms with van der Waals surface area (Å²) in [7, 11) is 0. The lowest BCUT2D eigenvalue weighted by Crippen LogP contribution is -1.93. The monoisotopic (exact) mass is 484 g/mol. The maximum absolute atomic E-state index is 5.03. The molecule has 0 saturated carbocycles. The molecule has 2 aromatic heterocycles. The molecule has 0 atom stereocenters. The number of rotatable bonds is 2. The minimum Gasteiger partial charge on any atom is -0.251 e. The first-order valence-electron chi connectivity index (χ1n) is 13.1. The zero-order chi connectivity index (χ0) is 25.4. The molecule has 6 aromatic carbocycles. The fourth-order valence-corrected chi connectivity index (χ4v) is 6.12. The predicted octanol–water partition coefficient (Wildman–Crippen LogP) is 9.63. The van der Waals surface area contributed by atoms with Gasteiger partial charge in [0.15, 0.2) is 0 Å². The van der Waals surface area contributed by atoms with Gasteiger partial charge in [-0.2, -0.15) is 0 Å². The Bertz CT molecular complexity index is 2170. The van der Waals surface area contributed by atoms with Crippen LogP contribution in [0.2, 0.25) is 0 Å². The van der Waals surface area contributed by atoms with Gasteiger partial charge in [-0.25, -0.2) is 0 Å². The van der Waals surface area contributed by atoms with E-state index in [4.69, 9.17) is 9.97 Å². The highest BCUT2D eigenvalue weighted by atomic mass is 14.8. The smallest absolute Gasteiger partial charge is 0.0968 e. The van der Waals surface area contributed by atoms with E-state index in [0.717, 1.165) is 38.8 Å². The van der Waals surface area contributed by atoms with Crippen LogP contribution in [0.3, 0.4) is 0 Å². The number of pyridine rings is 2. The minimum atomic E-state index is 0.970. The Kier molecular flexibility index (Phi) is 4.39. The van der Waals surface area contributed by atoms with E-state index in [1.54, 1.807) is 0 Å². The SMILES string of the molecule is Cc1ccc2ccc3cc(-c4ccc(-c5ccc6ccc7cccc8ccc5c6c78)cc4)c(C)nc3c2n1. The molecule has 0 fully saturated rings. The Balaban J connectivity index is 1.26. The van der Waals surface area contributed by atoms with Gasteiger partial charge >= 0.3 is 0 Å². The summed E-state index contributed by atoms with van der Waals surface area (Å²) in [6, 6.07) is 39.8. The molecule has 2 heteroatoms. The van der Waals surface area contributed by atoms with Gasteiger partial charge in [0.2, 0.25) is 0 Å². The molecule has 0 aliphatic heterocycles. The van der Waals surface area contributed by atoms with Gasteiger partial charge in [0.1, 0.15) is 0 Å². The molecule has 0 aliphatic rings. The Hall–Kier alpha value is -4.82. The number of hydrogen-bond acceptors (Lipinski definition) is 2. The van der Waals surface area contributed by atoms with Crippen molar-refractivity contribution in [2.75, 3.05) is 0 Å². The first-order chi connectivity index (χ1) is 18.6. The highest BCUT2D eigenvalue weighted by Crippen LogP contribution is 2.40. The van der Waals surface area contributed by atoms with E-state index in [1.807, 2.05) is 6.92 Å². The molecule has 0 radical (unpaired) electrons. The van der Waals surface area contributed by atoms with Crippen LogP contribution in [0.25, 0.3) is 76.4 Å². The van der Waals surface area contributed by atoms with Crippen LogP contribution in [0.4, 0.5) is 0 Å². The molecule has 0 amide bonds. The van der Waals surface area contributed by atoms with E-state index < -0.39 is 0 Å². The summed E-state index contributed by atoms with van der Waals surface area (Å²) in [5, 5.41) is 10.1. The van der Waals surface area contributed by atoms with Gasteiger partial charge in [-0.3, -0.25) is 9.97 Å². The average molecular weight is 485 g/mol. The molecule has 0 spiro atoms. The van der Waals surface area contributed by atoms with E-state index in [9.17, 15) is 0 Å². The van der Waals surface area contributed by atoms with Gasteiger partial charge in [0, 0.05) is 27.7 Å². The van der Waals surface area contributed by atoms with E-state index in [-0.39, 0.29) is 0 Å². The van der Waals surface area contributed by atoms with Gasteiger partial charge in [0.25, 0.3) is 0 Å². The summed E-state index contributed by atoms with van der Waals surface area (Å²) in [6.07, 6.45) is 0. The van der Waals surface area contributed by atoms with Crippen LogP contribution in [0, 0.1) is 13.8 Å². The summed E-state index contributed by atoms with van der Waals surface area (Å²) >= 11 is 0. The maximum atomic E-state index is 5.03. The molecule has 0 bridgehead atoms. The highest BCUT2D eigenvalue weighted by Gasteiger charge is 2.13. The fourth-order valence-electron chi connectivity index (χ4n) is 6.12. The molecule has 0 N–H and O–H groups in total. The normalized spacial score (nSPS) is 11.9. The molecular weight excluding hydrogens is 460 g/mol. The minimum absolute atomic E-state index is 0.970. The van der Waals surface area contributed by atoms with Crippen LogP contribution < -0.4 is 0 Å². The van der Waals surface area contributed by atoms with Crippen molar-refractivity contribution in [2.45, 2.75) is 13.8 Å². The summed E-state index contributed by atoms with van der Waals surface area (Å²) in [4.78, 5) is 9.81. The van der Waals surface area contributed by atoms with Crippen molar-refractivity contribution in [2.24, 2.45) is 0 Å². The molecule has 8 aromatic rings. The average Bonchev–Trinajstić information content (AvgIpc) is 2.96. The van der Waals surface area contributed by atoms with Crippen LogP contribution >= 0.6 is 0 Å². The standard InChI is InChI=1S/C36H24N2/c1-21-6-7-28-14-15-29-20-32(22(2)38-36(29)35(28)37-21)24-10-8-23(9-11-24)30-18-16-27-13-12-25-4-3-5-26-17-19-31(30)34(27)33(25)26/h3-20H,1-2H3. The van der Waals surface area contributed by atoms with Crippen molar-refractivity contribution in [1.82, 2.24) is 9.97 Å².